The summed E-state index contributed by atoms with van der Waals surface area (Å²) in [4.78, 5) is 32.8. The molecule has 6 heteroatoms. The first-order valence-corrected chi connectivity index (χ1v) is 4.29. The molecule has 0 saturated heterocycles. The topological polar surface area (TPSA) is 101 Å². The van der Waals surface area contributed by atoms with E-state index in [4.69, 9.17) is 10.8 Å². The monoisotopic (exact) mass is 202 g/mol. The van der Waals surface area contributed by atoms with Crippen LogP contribution in [-0.2, 0) is 14.4 Å². The first kappa shape index (κ1) is 12.4. The van der Waals surface area contributed by atoms with Crippen LogP contribution >= 0.6 is 0 Å². The summed E-state index contributed by atoms with van der Waals surface area (Å²) in [6, 6.07) is 0. The molecule has 0 unspecified atom stereocenters. The minimum atomic E-state index is -1.57. The third-order valence-corrected chi connectivity index (χ3v) is 1.60. The summed E-state index contributed by atoms with van der Waals surface area (Å²) in [5.74, 6) is -3.37. The molecule has 0 bridgehead atoms. The average molecular weight is 202 g/mol. The van der Waals surface area contributed by atoms with Gasteiger partial charge in [-0.2, -0.15) is 0 Å². The van der Waals surface area contributed by atoms with Crippen LogP contribution in [0.3, 0.4) is 0 Å². The number of unbranched alkanes of at least 4 members (excludes halogenated alkanes) is 1. The van der Waals surface area contributed by atoms with E-state index < -0.39 is 17.8 Å². The van der Waals surface area contributed by atoms with Crippen molar-refractivity contribution in [2.75, 3.05) is 13.1 Å². The number of carbonyl (C=O) groups excluding carboxylic acids is 2. The maximum Gasteiger partial charge on any atom is 0.394 e. The van der Waals surface area contributed by atoms with Crippen molar-refractivity contribution in [2.45, 2.75) is 19.8 Å². The van der Waals surface area contributed by atoms with Gasteiger partial charge in [0.05, 0.1) is 6.54 Å². The molecule has 0 spiro atoms. The normalized spacial score (nSPS) is 9.50. The van der Waals surface area contributed by atoms with Gasteiger partial charge in [-0.05, 0) is 6.42 Å². The summed E-state index contributed by atoms with van der Waals surface area (Å²) in [5.41, 5.74) is 4.88. The predicted molar refractivity (Wildman–Crippen MR) is 48.3 cm³/mol. The number of hydrogen-bond acceptors (Lipinski definition) is 3. The molecule has 6 nitrogen and oxygen atoms in total. The van der Waals surface area contributed by atoms with Crippen LogP contribution in [0.2, 0.25) is 0 Å². The lowest BCUT2D eigenvalue weighted by molar-refractivity contribution is -0.156. The Morgan fingerprint density at radius 3 is 2.29 bits per heavy atom. The smallest absolute Gasteiger partial charge is 0.394 e. The maximum atomic E-state index is 11.0. The van der Waals surface area contributed by atoms with Crippen molar-refractivity contribution < 1.29 is 19.5 Å². The van der Waals surface area contributed by atoms with Gasteiger partial charge in [-0.3, -0.25) is 9.59 Å². The van der Waals surface area contributed by atoms with Crippen LogP contribution in [0.1, 0.15) is 19.8 Å². The predicted octanol–water partition coefficient (Wildman–Crippen LogP) is -0.815. The fraction of sp³-hybridized carbons (Fsp3) is 0.625. The second-order valence-corrected chi connectivity index (χ2v) is 2.85. The van der Waals surface area contributed by atoms with Gasteiger partial charge < -0.3 is 15.7 Å². The zero-order valence-electron chi connectivity index (χ0n) is 8.02. The molecular weight excluding hydrogens is 188 g/mol. The number of carboxylic acid groups (broad SMARTS) is 1. The molecule has 0 aromatic heterocycles. The Hall–Kier alpha value is -1.59. The fourth-order valence-electron chi connectivity index (χ4n) is 0.925. The quantitative estimate of drug-likeness (QED) is 0.569. The Morgan fingerprint density at radius 2 is 1.93 bits per heavy atom. The molecule has 0 aliphatic carbocycles. The highest BCUT2D eigenvalue weighted by molar-refractivity contribution is 6.31. The summed E-state index contributed by atoms with van der Waals surface area (Å²) in [7, 11) is 0. The number of hydrogen-bond donors (Lipinski definition) is 2. The van der Waals surface area contributed by atoms with Crippen LogP contribution in [0.5, 0.6) is 0 Å². The summed E-state index contributed by atoms with van der Waals surface area (Å²) in [5, 5.41) is 8.42. The summed E-state index contributed by atoms with van der Waals surface area (Å²) < 4.78 is 0. The van der Waals surface area contributed by atoms with Crippen LogP contribution in [-0.4, -0.2) is 40.9 Å². The van der Waals surface area contributed by atoms with E-state index in [-0.39, 0.29) is 13.1 Å². The number of nitrogens with zero attached hydrogens (tertiary/aromatic N) is 1. The van der Waals surface area contributed by atoms with Gasteiger partial charge in [-0.15, -0.1) is 0 Å². The molecule has 80 valence electrons. The standard InChI is InChI=1S/C8H14N2O4/c1-2-3-4-10(5-6(9)11)7(12)8(13)14/h2-5H2,1H3,(H2,9,11)(H,13,14). The van der Waals surface area contributed by atoms with Gasteiger partial charge in [0.25, 0.3) is 0 Å². The van der Waals surface area contributed by atoms with E-state index in [1.54, 1.807) is 0 Å². The number of carbonyl (C=O) groups is 3. The van der Waals surface area contributed by atoms with Crippen molar-refractivity contribution in [3.63, 3.8) is 0 Å². The van der Waals surface area contributed by atoms with Gasteiger partial charge in [-0.25, -0.2) is 4.79 Å². The van der Waals surface area contributed by atoms with Crippen molar-refractivity contribution in [3.8, 4) is 0 Å². The van der Waals surface area contributed by atoms with Crippen molar-refractivity contribution in [3.05, 3.63) is 0 Å². The minimum absolute atomic E-state index is 0.241. The molecule has 0 radical (unpaired) electrons. The van der Waals surface area contributed by atoms with Gasteiger partial charge in [-0.1, -0.05) is 13.3 Å². The van der Waals surface area contributed by atoms with E-state index in [2.05, 4.69) is 0 Å². The SMILES string of the molecule is CCCCN(CC(N)=O)C(=O)C(=O)O. The highest BCUT2D eigenvalue weighted by atomic mass is 16.4. The number of aliphatic carboxylic acids is 1. The second-order valence-electron chi connectivity index (χ2n) is 2.85. The zero-order valence-corrected chi connectivity index (χ0v) is 8.02. The second kappa shape index (κ2) is 5.95. The molecule has 0 aromatic carbocycles. The Kier molecular flexibility index (Phi) is 5.28. The molecule has 0 saturated carbocycles. The number of amides is 2. The van der Waals surface area contributed by atoms with E-state index in [1.165, 1.54) is 0 Å². The fourth-order valence-corrected chi connectivity index (χ4v) is 0.925. The zero-order chi connectivity index (χ0) is 11.1. The van der Waals surface area contributed by atoms with Gasteiger partial charge in [0, 0.05) is 6.54 Å². The largest absolute Gasteiger partial charge is 0.474 e. The van der Waals surface area contributed by atoms with Crippen LogP contribution < -0.4 is 5.73 Å². The number of nitrogens with two attached hydrogens (primary N) is 1. The number of carboxylic acids is 1. The molecule has 0 heterocycles. The summed E-state index contributed by atoms with van der Waals surface area (Å²) >= 11 is 0. The molecule has 0 fully saturated rings. The molecule has 3 N–H and O–H groups in total. The summed E-state index contributed by atoms with van der Waals surface area (Å²) in [6.07, 6.45) is 1.45. The lowest BCUT2D eigenvalue weighted by atomic mass is 10.3. The van der Waals surface area contributed by atoms with Crippen LogP contribution in [0.25, 0.3) is 0 Å². The number of rotatable bonds is 5. The van der Waals surface area contributed by atoms with Crippen molar-refractivity contribution in [1.29, 1.82) is 0 Å². The molecule has 14 heavy (non-hydrogen) atoms. The van der Waals surface area contributed by atoms with Crippen molar-refractivity contribution in [2.24, 2.45) is 5.73 Å². The van der Waals surface area contributed by atoms with Gasteiger partial charge >= 0.3 is 11.9 Å². The Labute approximate surface area is 81.7 Å². The van der Waals surface area contributed by atoms with Crippen LogP contribution in [0.4, 0.5) is 0 Å². The van der Waals surface area contributed by atoms with Gasteiger partial charge in [0.15, 0.2) is 0 Å². The summed E-state index contributed by atoms with van der Waals surface area (Å²) in [6.45, 7) is 1.80. The van der Waals surface area contributed by atoms with Gasteiger partial charge in [0.2, 0.25) is 5.91 Å². The van der Waals surface area contributed by atoms with E-state index in [0.717, 1.165) is 11.3 Å². The Bertz CT molecular complexity index is 239. The van der Waals surface area contributed by atoms with E-state index in [1.807, 2.05) is 6.92 Å². The van der Waals surface area contributed by atoms with E-state index in [0.29, 0.717) is 6.42 Å². The molecule has 0 aliphatic rings. The molecule has 0 aliphatic heterocycles. The Morgan fingerprint density at radius 1 is 1.36 bits per heavy atom. The molecular formula is C8H14N2O4. The first-order chi connectivity index (χ1) is 6.49. The van der Waals surface area contributed by atoms with Crippen LogP contribution in [0.15, 0.2) is 0 Å². The lowest BCUT2D eigenvalue weighted by Gasteiger charge is -2.18. The van der Waals surface area contributed by atoms with E-state index >= 15 is 0 Å². The Balaban J connectivity index is 4.30. The van der Waals surface area contributed by atoms with Crippen molar-refractivity contribution in [1.82, 2.24) is 4.90 Å². The molecule has 0 rings (SSSR count). The average Bonchev–Trinajstić information content (AvgIpc) is 2.10. The highest BCUT2D eigenvalue weighted by Crippen LogP contribution is 1.95. The maximum absolute atomic E-state index is 11.0. The molecule has 2 amide bonds. The molecule has 0 atom stereocenters. The lowest BCUT2D eigenvalue weighted by Crippen LogP contribution is -2.42. The first-order valence-electron chi connectivity index (χ1n) is 4.29. The van der Waals surface area contributed by atoms with E-state index in [9.17, 15) is 14.4 Å². The number of primary amides is 1. The van der Waals surface area contributed by atoms with Crippen molar-refractivity contribution >= 4 is 17.8 Å². The van der Waals surface area contributed by atoms with Gasteiger partial charge in [0.1, 0.15) is 0 Å². The highest BCUT2D eigenvalue weighted by Gasteiger charge is 2.21. The third-order valence-electron chi connectivity index (χ3n) is 1.60. The molecule has 0 aromatic rings. The minimum Gasteiger partial charge on any atom is -0.474 e. The van der Waals surface area contributed by atoms with Crippen LogP contribution in [0, 0.1) is 0 Å². The third kappa shape index (κ3) is 4.44.